The summed E-state index contributed by atoms with van der Waals surface area (Å²) in [6, 6.07) is 9.45. The summed E-state index contributed by atoms with van der Waals surface area (Å²) in [7, 11) is -6.32. The Morgan fingerprint density at radius 2 is 1.79 bits per heavy atom. The fourth-order valence-electron chi connectivity index (χ4n) is 3.37. The molecular weight excluding hydrogens is 348 g/mol. The second-order valence-corrected chi connectivity index (χ2v) is 10.5. The molecule has 8 heteroatoms. The summed E-state index contributed by atoms with van der Waals surface area (Å²) in [6.07, 6.45) is 2.30. The van der Waals surface area contributed by atoms with E-state index in [0.29, 0.717) is 32.6 Å². The summed E-state index contributed by atoms with van der Waals surface area (Å²) in [4.78, 5) is 1.22. The average Bonchev–Trinajstić information content (AvgIpc) is 2.94. The molecule has 0 aliphatic carbocycles. The molecule has 2 aliphatic heterocycles. The summed E-state index contributed by atoms with van der Waals surface area (Å²) in [5.74, 6) is 0.506. The lowest BCUT2D eigenvalue weighted by Gasteiger charge is -2.33. The van der Waals surface area contributed by atoms with Crippen LogP contribution in [0.5, 0.6) is 0 Å². The van der Waals surface area contributed by atoms with Crippen LogP contribution in [0.25, 0.3) is 6.08 Å². The summed E-state index contributed by atoms with van der Waals surface area (Å²) >= 11 is 0. The van der Waals surface area contributed by atoms with Gasteiger partial charge in [-0.05, 0) is 11.6 Å². The van der Waals surface area contributed by atoms with E-state index in [4.69, 9.17) is 0 Å². The van der Waals surface area contributed by atoms with Crippen molar-refractivity contribution >= 4 is 25.9 Å². The Hall–Kier alpha value is -1.22. The fraction of sp³-hybridized carbons (Fsp3) is 0.500. The van der Waals surface area contributed by atoms with Crippen LogP contribution < -0.4 is 4.90 Å². The third-order valence-electron chi connectivity index (χ3n) is 4.77. The molecule has 132 valence electrons. The zero-order chi connectivity index (χ0) is 17.2. The highest BCUT2D eigenvalue weighted by Gasteiger charge is 2.38. The van der Waals surface area contributed by atoms with E-state index in [0.717, 1.165) is 5.56 Å². The molecule has 1 aromatic carbocycles. The van der Waals surface area contributed by atoms with Gasteiger partial charge in [0.2, 0.25) is 10.0 Å². The molecule has 0 radical (unpaired) electrons. The van der Waals surface area contributed by atoms with Gasteiger partial charge in [-0.2, -0.15) is 4.31 Å². The maximum absolute atomic E-state index is 12.4. The monoisotopic (exact) mass is 371 g/mol. The summed E-state index contributed by atoms with van der Waals surface area (Å²) < 4.78 is 49.5. The van der Waals surface area contributed by atoms with Crippen molar-refractivity contribution in [2.45, 2.75) is 12.5 Å². The van der Waals surface area contributed by atoms with E-state index < -0.39 is 19.9 Å². The van der Waals surface area contributed by atoms with Crippen molar-refractivity contribution in [3.63, 3.8) is 0 Å². The normalized spacial score (nSPS) is 26.1. The van der Waals surface area contributed by atoms with Gasteiger partial charge in [-0.1, -0.05) is 30.3 Å². The Balaban J connectivity index is 1.59. The van der Waals surface area contributed by atoms with E-state index in [-0.39, 0.29) is 17.5 Å². The van der Waals surface area contributed by atoms with E-state index in [1.165, 1.54) is 14.6 Å². The van der Waals surface area contributed by atoms with Crippen molar-refractivity contribution in [2.24, 2.45) is 0 Å². The number of hydrogen-bond donors (Lipinski definition) is 1. The Kier molecular flexibility index (Phi) is 5.10. The van der Waals surface area contributed by atoms with Crippen LogP contribution in [0.2, 0.25) is 0 Å². The van der Waals surface area contributed by atoms with Gasteiger partial charge in [-0.15, -0.1) is 0 Å². The highest BCUT2D eigenvalue weighted by Crippen LogP contribution is 2.11. The topological polar surface area (TPSA) is 76.0 Å². The summed E-state index contributed by atoms with van der Waals surface area (Å²) in [6.45, 7) is 2.21. The molecule has 24 heavy (non-hydrogen) atoms. The van der Waals surface area contributed by atoms with Gasteiger partial charge in [0.05, 0.1) is 31.9 Å². The first-order valence-corrected chi connectivity index (χ1v) is 11.5. The number of sulfone groups is 1. The Bertz CT molecular complexity index is 796. The zero-order valence-electron chi connectivity index (χ0n) is 13.5. The van der Waals surface area contributed by atoms with Gasteiger partial charge in [-0.3, -0.25) is 0 Å². The molecule has 0 unspecified atom stereocenters. The summed E-state index contributed by atoms with van der Waals surface area (Å²) in [5.41, 5.74) is 0.849. The Morgan fingerprint density at radius 1 is 1.12 bits per heavy atom. The van der Waals surface area contributed by atoms with Gasteiger partial charge in [0.25, 0.3) is 0 Å². The lowest BCUT2D eigenvalue weighted by molar-refractivity contribution is -0.925. The van der Waals surface area contributed by atoms with Crippen LogP contribution in [0.15, 0.2) is 35.7 Å². The number of sulfonamides is 1. The number of hydrogen-bond acceptors (Lipinski definition) is 4. The standard InChI is InChI=1S/C16H22N2O4S2/c19-23(20)12-7-16(14-23)17-8-10-18(11-9-17)24(21,22)13-6-15-4-2-1-3-5-15/h1-6,13,16H,7-12,14H2/p+1/b13-6+/t16-/m1/s1. The molecule has 2 aliphatic rings. The Morgan fingerprint density at radius 3 is 2.38 bits per heavy atom. The summed E-state index contributed by atoms with van der Waals surface area (Å²) in [5, 5.41) is 1.26. The molecular formula is C16H23N2O4S2+. The molecule has 6 nitrogen and oxygen atoms in total. The number of quaternary nitrogens is 1. The van der Waals surface area contributed by atoms with Gasteiger partial charge in [0.15, 0.2) is 9.84 Å². The smallest absolute Gasteiger partial charge is 0.236 e. The quantitative estimate of drug-likeness (QED) is 0.765. The first-order valence-electron chi connectivity index (χ1n) is 8.14. The van der Waals surface area contributed by atoms with Gasteiger partial charge < -0.3 is 4.90 Å². The molecule has 2 heterocycles. The van der Waals surface area contributed by atoms with Crippen molar-refractivity contribution in [1.82, 2.24) is 4.31 Å². The van der Waals surface area contributed by atoms with Gasteiger partial charge in [0, 0.05) is 11.8 Å². The first-order chi connectivity index (χ1) is 11.4. The molecule has 1 aromatic rings. The number of nitrogens with zero attached hydrogens (tertiary/aromatic N) is 1. The highest BCUT2D eigenvalue weighted by molar-refractivity contribution is 7.92. The minimum Gasteiger partial charge on any atom is -0.329 e. The van der Waals surface area contributed by atoms with E-state index in [1.807, 2.05) is 30.3 Å². The third kappa shape index (κ3) is 4.24. The Labute approximate surface area is 143 Å². The maximum atomic E-state index is 12.4. The molecule has 0 spiro atoms. The first kappa shape index (κ1) is 17.6. The number of nitrogens with one attached hydrogen (secondary N) is 1. The van der Waals surface area contributed by atoms with E-state index in [9.17, 15) is 16.8 Å². The van der Waals surface area contributed by atoms with Crippen LogP contribution in [-0.4, -0.2) is 64.9 Å². The van der Waals surface area contributed by atoms with Crippen LogP contribution in [-0.2, 0) is 19.9 Å². The average molecular weight is 372 g/mol. The van der Waals surface area contributed by atoms with Crippen LogP contribution >= 0.6 is 0 Å². The lowest BCUT2D eigenvalue weighted by Crippen LogP contribution is -3.18. The molecule has 0 saturated carbocycles. The molecule has 1 atom stereocenters. The molecule has 2 saturated heterocycles. The maximum Gasteiger partial charge on any atom is 0.236 e. The predicted molar refractivity (Wildman–Crippen MR) is 93.7 cm³/mol. The largest absolute Gasteiger partial charge is 0.329 e. The molecule has 2 fully saturated rings. The number of benzene rings is 1. The molecule has 0 amide bonds. The van der Waals surface area contributed by atoms with Crippen LogP contribution in [0, 0.1) is 0 Å². The van der Waals surface area contributed by atoms with Gasteiger partial charge >= 0.3 is 0 Å². The second kappa shape index (κ2) is 6.95. The highest BCUT2D eigenvalue weighted by atomic mass is 32.2. The lowest BCUT2D eigenvalue weighted by atomic mass is 10.2. The molecule has 0 bridgehead atoms. The fourth-order valence-corrected chi connectivity index (χ4v) is 6.39. The van der Waals surface area contributed by atoms with Crippen molar-refractivity contribution < 1.29 is 21.7 Å². The van der Waals surface area contributed by atoms with E-state index >= 15 is 0 Å². The van der Waals surface area contributed by atoms with Crippen molar-refractivity contribution in [2.75, 3.05) is 37.7 Å². The minimum absolute atomic E-state index is 0.125. The second-order valence-electron chi connectivity index (χ2n) is 6.42. The molecule has 3 rings (SSSR count). The number of rotatable bonds is 4. The zero-order valence-corrected chi connectivity index (χ0v) is 15.1. The third-order valence-corrected chi connectivity index (χ3v) is 8.10. The van der Waals surface area contributed by atoms with Crippen molar-refractivity contribution in [3.8, 4) is 0 Å². The van der Waals surface area contributed by atoms with E-state index in [1.54, 1.807) is 6.08 Å². The molecule has 1 N–H and O–H groups in total. The SMILES string of the molecule is O=S1(=O)CC[C@@H]([NH+]2CCN(S(=O)(=O)/C=C/c3ccccc3)CC2)C1. The van der Waals surface area contributed by atoms with Crippen molar-refractivity contribution in [1.29, 1.82) is 0 Å². The molecule has 0 aromatic heterocycles. The van der Waals surface area contributed by atoms with Gasteiger partial charge in [0.1, 0.15) is 11.8 Å². The predicted octanol–water partition coefficient (Wildman–Crippen LogP) is -0.625. The van der Waals surface area contributed by atoms with Crippen LogP contribution in [0.3, 0.4) is 0 Å². The van der Waals surface area contributed by atoms with Crippen LogP contribution in [0.4, 0.5) is 0 Å². The van der Waals surface area contributed by atoms with Gasteiger partial charge in [-0.25, -0.2) is 16.8 Å². The minimum atomic E-state index is -3.43. The van der Waals surface area contributed by atoms with Crippen molar-refractivity contribution in [3.05, 3.63) is 41.3 Å². The number of piperazine rings is 1. The van der Waals surface area contributed by atoms with Crippen LogP contribution in [0.1, 0.15) is 12.0 Å². The van der Waals surface area contributed by atoms with E-state index in [2.05, 4.69) is 0 Å².